The normalized spacial score (nSPS) is 12.7. The van der Waals surface area contributed by atoms with E-state index in [1.54, 1.807) is 6.07 Å². The first kappa shape index (κ1) is 19.5. The molecular formula is C24H12F6O. The summed E-state index contributed by atoms with van der Waals surface area (Å²) in [7, 11) is 0. The first-order valence-corrected chi connectivity index (χ1v) is 9.30. The fourth-order valence-electron chi connectivity index (χ4n) is 4.19. The Balaban J connectivity index is 1.72. The largest absolute Gasteiger partial charge is 0.573 e. The van der Waals surface area contributed by atoms with Crippen LogP contribution in [0.15, 0.2) is 60.7 Å². The lowest BCUT2D eigenvalue weighted by Crippen LogP contribution is -2.19. The number of hydrogen-bond acceptors (Lipinski definition) is 1. The molecule has 4 aromatic carbocycles. The van der Waals surface area contributed by atoms with Crippen molar-refractivity contribution in [2.24, 2.45) is 0 Å². The van der Waals surface area contributed by atoms with Gasteiger partial charge in [-0.25, -0.2) is 13.2 Å². The quantitative estimate of drug-likeness (QED) is 0.265. The highest BCUT2D eigenvalue weighted by atomic mass is 19.4. The predicted octanol–water partition coefficient (Wildman–Crippen LogP) is 7.39. The van der Waals surface area contributed by atoms with E-state index < -0.39 is 34.9 Å². The maximum Gasteiger partial charge on any atom is 0.573 e. The molecular weight excluding hydrogens is 418 g/mol. The van der Waals surface area contributed by atoms with Crippen LogP contribution in [-0.2, 0) is 6.42 Å². The lowest BCUT2D eigenvalue weighted by atomic mass is 9.92. The third-order valence-electron chi connectivity index (χ3n) is 5.39. The molecule has 0 bridgehead atoms. The molecule has 31 heavy (non-hydrogen) atoms. The molecule has 0 aliphatic heterocycles. The van der Waals surface area contributed by atoms with E-state index in [0.29, 0.717) is 23.6 Å². The lowest BCUT2D eigenvalue weighted by molar-refractivity contribution is -0.276. The lowest BCUT2D eigenvalue weighted by Gasteiger charge is -2.15. The Kier molecular flexibility index (Phi) is 4.25. The van der Waals surface area contributed by atoms with Crippen molar-refractivity contribution in [2.75, 3.05) is 0 Å². The van der Waals surface area contributed by atoms with Gasteiger partial charge >= 0.3 is 6.36 Å². The second-order valence-corrected chi connectivity index (χ2v) is 7.28. The summed E-state index contributed by atoms with van der Waals surface area (Å²) in [6.45, 7) is 0. The zero-order valence-corrected chi connectivity index (χ0v) is 15.7. The standard InChI is InChI=1S/C24H12F6O/c25-18-10-14(9-15-11-19(26)23(22(27)21(15)18)31-24(28,29)30)17-7-3-5-13-8-12-4-1-2-6-16(12)20(13)17/h1-7,9-11H,8H2. The number of benzene rings is 4. The van der Waals surface area contributed by atoms with Crippen LogP contribution < -0.4 is 4.74 Å². The van der Waals surface area contributed by atoms with Gasteiger partial charge in [0.15, 0.2) is 11.6 Å². The number of hydrogen-bond donors (Lipinski definition) is 0. The van der Waals surface area contributed by atoms with E-state index in [0.717, 1.165) is 28.3 Å². The van der Waals surface area contributed by atoms with E-state index in [9.17, 15) is 26.3 Å². The maximum atomic E-state index is 14.9. The molecule has 5 rings (SSSR count). The topological polar surface area (TPSA) is 9.23 Å². The van der Waals surface area contributed by atoms with Crippen LogP contribution in [0.1, 0.15) is 11.1 Å². The van der Waals surface area contributed by atoms with E-state index in [1.165, 1.54) is 6.07 Å². The fraction of sp³-hybridized carbons (Fsp3) is 0.0833. The molecule has 0 fully saturated rings. The van der Waals surface area contributed by atoms with Crippen molar-refractivity contribution in [1.29, 1.82) is 0 Å². The second-order valence-electron chi connectivity index (χ2n) is 7.28. The minimum atomic E-state index is -5.32. The third kappa shape index (κ3) is 3.21. The van der Waals surface area contributed by atoms with E-state index in [4.69, 9.17) is 0 Å². The van der Waals surface area contributed by atoms with Crippen molar-refractivity contribution in [2.45, 2.75) is 12.8 Å². The molecule has 4 aromatic rings. The summed E-state index contributed by atoms with van der Waals surface area (Å²) in [4.78, 5) is 0. The highest BCUT2D eigenvalue weighted by molar-refractivity contribution is 5.95. The van der Waals surface area contributed by atoms with Crippen molar-refractivity contribution in [3.63, 3.8) is 0 Å². The van der Waals surface area contributed by atoms with Crippen LogP contribution >= 0.6 is 0 Å². The molecule has 0 amide bonds. The van der Waals surface area contributed by atoms with Gasteiger partial charge in [-0.05, 0) is 63.4 Å². The Labute approximate surface area is 172 Å². The molecule has 0 atom stereocenters. The molecule has 1 aliphatic rings. The zero-order chi connectivity index (χ0) is 21.9. The first-order chi connectivity index (χ1) is 14.7. The SMILES string of the molecule is Fc1cc2cc(-c3cccc4c3-c3ccccc3C4)cc(F)c2c(F)c1OC(F)(F)F. The Morgan fingerprint density at radius 2 is 1.45 bits per heavy atom. The van der Waals surface area contributed by atoms with Crippen molar-refractivity contribution < 1.29 is 31.1 Å². The van der Waals surface area contributed by atoms with Gasteiger partial charge in [0, 0.05) is 0 Å². The number of alkyl halides is 3. The van der Waals surface area contributed by atoms with Gasteiger partial charge in [-0.2, -0.15) is 0 Å². The number of fused-ring (bicyclic) bond motifs is 4. The highest BCUT2D eigenvalue weighted by Gasteiger charge is 2.35. The van der Waals surface area contributed by atoms with Gasteiger partial charge in [-0.15, -0.1) is 13.2 Å². The van der Waals surface area contributed by atoms with E-state index in [-0.39, 0.29) is 5.39 Å². The summed E-state index contributed by atoms with van der Waals surface area (Å²) in [5, 5.41) is -0.971. The third-order valence-corrected chi connectivity index (χ3v) is 5.39. The molecule has 1 aliphatic carbocycles. The minimum absolute atomic E-state index is 0.205. The van der Waals surface area contributed by atoms with Gasteiger partial charge < -0.3 is 4.74 Å². The average molecular weight is 430 g/mol. The molecule has 1 nitrogen and oxygen atoms in total. The van der Waals surface area contributed by atoms with Crippen LogP contribution in [-0.4, -0.2) is 6.36 Å². The van der Waals surface area contributed by atoms with Crippen LogP contribution in [0.5, 0.6) is 5.75 Å². The molecule has 7 heteroatoms. The summed E-state index contributed by atoms with van der Waals surface area (Å²) in [5.74, 6) is -6.09. The van der Waals surface area contributed by atoms with Crippen molar-refractivity contribution in [3.8, 4) is 28.0 Å². The molecule has 0 saturated heterocycles. The van der Waals surface area contributed by atoms with Gasteiger partial charge in [-0.1, -0.05) is 42.5 Å². The van der Waals surface area contributed by atoms with Crippen molar-refractivity contribution >= 4 is 10.8 Å². The Morgan fingerprint density at radius 1 is 0.742 bits per heavy atom. The Bertz CT molecular complexity index is 1360. The smallest absolute Gasteiger partial charge is 0.399 e. The van der Waals surface area contributed by atoms with Crippen LogP contribution in [0.4, 0.5) is 26.3 Å². The summed E-state index contributed by atoms with van der Waals surface area (Å²) < 4.78 is 84.5. The monoisotopic (exact) mass is 430 g/mol. The molecule has 0 radical (unpaired) electrons. The second kappa shape index (κ2) is 6.77. The molecule has 0 spiro atoms. The van der Waals surface area contributed by atoms with Gasteiger partial charge in [-0.3, -0.25) is 0 Å². The van der Waals surface area contributed by atoms with Gasteiger partial charge in [0.1, 0.15) is 5.82 Å². The molecule has 0 saturated carbocycles. The van der Waals surface area contributed by atoms with Crippen LogP contribution in [0.2, 0.25) is 0 Å². The molecule has 0 N–H and O–H groups in total. The fourth-order valence-corrected chi connectivity index (χ4v) is 4.19. The van der Waals surface area contributed by atoms with Gasteiger partial charge in [0.2, 0.25) is 5.75 Å². The minimum Gasteiger partial charge on any atom is -0.399 e. The molecule has 0 unspecified atom stereocenters. The number of halogens is 6. The predicted molar refractivity (Wildman–Crippen MR) is 104 cm³/mol. The van der Waals surface area contributed by atoms with Crippen LogP contribution in [0.25, 0.3) is 33.0 Å². The maximum absolute atomic E-state index is 14.9. The van der Waals surface area contributed by atoms with Gasteiger partial charge in [0.25, 0.3) is 0 Å². The molecule has 156 valence electrons. The van der Waals surface area contributed by atoms with Gasteiger partial charge in [0.05, 0.1) is 5.39 Å². The summed E-state index contributed by atoms with van der Waals surface area (Å²) in [6, 6.07) is 16.3. The summed E-state index contributed by atoms with van der Waals surface area (Å²) in [5.41, 5.74) is 5.05. The van der Waals surface area contributed by atoms with E-state index >= 15 is 0 Å². The average Bonchev–Trinajstić information content (AvgIpc) is 3.08. The Morgan fingerprint density at radius 3 is 2.23 bits per heavy atom. The highest BCUT2D eigenvalue weighted by Crippen LogP contribution is 2.44. The van der Waals surface area contributed by atoms with Crippen molar-refractivity contribution in [3.05, 3.63) is 89.2 Å². The molecule has 0 heterocycles. The Hall–Kier alpha value is -3.48. The van der Waals surface area contributed by atoms with Crippen LogP contribution in [0.3, 0.4) is 0 Å². The summed E-state index contributed by atoms with van der Waals surface area (Å²) >= 11 is 0. The van der Waals surface area contributed by atoms with E-state index in [2.05, 4.69) is 4.74 Å². The zero-order valence-electron chi connectivity index (χ0n) is 15.7. The molecule has 0 aromatic heterocycles. The number of ether oxygens (including phenoxy) is 1. The first-order valence-electron chi connectivity index (χ1n) is 9.30. The number of rotatable bonds is 2. The summed E-state index contributed by atoms with van der Waals surface area (Å²) in [6.07, 6.45) is -4.61. The van der Waals surface area contributed by atoms with E-state index in [1.807, 2.05) is 36.4 Å². The van der Waals surface area contributed by atoms with Crippen molar-refractivity contribution in [1.82, 2.24) is 0 Å². The van der Waals surface area contributed by atoms with Crippen LogP contribution in [0, 0.1) is 17.5 Å².